The summed E-state index contributed by atoms with van der Waals surface area (Å²) in [6, 6.07) is 0. The molecule has 0 aromatic rings. The molecule has 0 radical (unpaired) electrons. The summed E-state index contributed by atoms with van der Waals surface area (Å²) >= 11 is 0. The van der Waals surface area contributed by atoms with Crippen molar-refractivity contribution in [2.24, 2.45) is 5.41 Å². The van der Waals surface area contributed by atoms with Gasteiger partial charge in [0, 0.05) is 26.2 Å². The number of hydrogen-bond donors (Lipinski definition) is 0. The molecule has 0 saturated carbocycles. The van der Waals surface area contributed by atoms with Crippen LogP contribution in [0.1, 0.15) is 27.2 Å². The van der Waals surface area contributed by atoms with Gasteiger partial charge in [-0.1, -0.05) is 39.0 Å². The molecule has 0 aromatic heterocycles. The van der Waals surface area contributed by atoms with E-state index in [-0.39, 0.29) is 26.2 Å². The molecular weight excluding hydrogens is 199 g/mol. The average molecular weight is 213 g/mol. The van der Waals surface area contributed by atoms with Crippen LogP contribution < -0.4 is 0 Å². The van der Waals surface area contributed by atoms with Crippen molar-refractivity contribution in [2.75, 3.05) is 0 Å². The van der Waals surface area contributed by atoms with E-state index in [1.807, 2.05) is 0 Å². The number of rotatable bonds is 0. The van der Waals surface area contributed by atoms with Crippen molar-refractivity contribution in [1.29, 1.82) is 0 Å². The maximum atomic E-state index is 2.29. The average Bonchev–Trinajstić information content (AvgIpc) is 2.08. The molecule has 0 amide bonds. The molecule has 10 heavy (non-hydrogen) atoms. The van der Waals surface area contributed by atoms with Gasteiger partial charge >= 0.3 is 0 Å². The second-order valence-electron chi connectivity index (χ2n) is 3.55. The second-order valence-corrected chi connectivity index (χ2v) is 3.55. The number of allylic oxidation sites excluding steroid dienone is 4. The first kappa shape index (κ1) is 10.4. The molecular formula is C9H14Zr. The Hall–Kier alpha value is 0.363. The smallest absolute Gasteiger partial charge is 0 e. The minimum atomic E-state index is 0. The van der Waals surface area contributed by atoms with E-state index in [0.717, 1.165) is 6.42 Å². The van der Waals surface area contributed by atoms with Crippen LogP contribution in [0.5, 0.6) is 0 Å². The summed E-state index contributed by atoms with van der Waals surface area (Å²) in [6.45, 7) is 6.73. The molecule has 0 unspecified atom stereocenters. The van der Waals surface area contributed by atoms with Crippen molar-refractivity contribution < 1.29 is 26.2 Å². The van der Waals surface area contributed by atoms with Crippen molar-refractivity contribution in [2.45, 2.75) is 27.2 Å². The summed E-state index contributed by atoms with van der Waals surface area (Å²) in [5, 5.41) is 0. The van der Waals surface area contributed by atoms with E-state index in [1.165, 1.54) is 5.57 Å². The van der Waals surface area contributed by atoms with Gasteiger partial charge in [-0.05, 0) is 17.4 Å². The Morgan fingerprint density at radius 3 is 2.10 bits per heavy atom. The van der Waals surface area contributed by atoms with Gasteiger partial charge in [-0.15, -0.1) is 0 Å². The second kappa shape index (κ2) is 3.67. The Kier molecular flexibility index (Phi) is 3.80. The molecule has 0 saturated heterocycles. The third-order valence-corrected chi connectivity index (χ3v) is 1.64. The van der Waals surface area contributed by atoms with Crippen LogP contribution >= 0.6 is 0 Å². The van der Waals surface area contributed by atoms with Crippen molar-refractivity contribution in [3.63, 3.8) is 0 Å². The molecule has 1 aliphatic rings. The zero-order chi connectivity index (χ0) is 6.91. The molecule has 0 heterocycles. The maximum Gasteiger partial charge on any atom is 0 e. The largest absolute Gasteiger partial charge is 0.0804 e. The van der Waals surface area contributed by atoms with Crippen LogP contribution in [0.15, 0.2) is 23.8 Å². The fraction of sp³-hybridized carbons (Fsp3) is 0.556. The minimum Gasteiger partial charge on any atom is -0.0804 e. The van der Waals surface area contributed by atoms with E-state index in [4.69, 9.17) is 0 Å². The SMILES string of the molecule is CC(C)(C)C1=CCC=C1.[Zr]. The van der Waals surface area contributed by atoms with E-state index in [0.29, 0.717) is 5.41 Å². The van der Waals surface area contributed by atoms with E-state index >= 15 is 0 Å². The Morgan fingerprint density at radius 2 is 1.90 bits per heavy atom. The van der Waals surface area contributed by atoms with Gasteiger partial charge in [-0.3, -0.25) is 0 Å². The first-order valence-corrected chi connectivity index (χ1v) is 3.48. The van der Waals surface area contributed by atoms with Gasteiger partial charge < -0.3 is 0 Å². The van der Waals surface area contributed by atoms with Gasteiger partial charge in [0.05, 0.1) is 0 Å². The van der Waals surface area contributed by atoms with Gasteiger partial charge in [0.25, 0.3) is 0 Å². The molecule has 0 aliphatic heterocycles. The first-order chi connectivity index (χ1) is 4.11. The van der Waals surface area contributed by atoms with Gasteiger partial charge in [-0.2, -0.15) is 0 Å². The Morgan fingerprint density at radius 1 is 1.30 bits per heavy atom. The van der Waals surface area contributed by atoms with Gasteiger partial charge in [-0.25, -0.2) is 0 Å². The summed E-state index contributed by atoms with van der Waals surface area (Å²) in [5.41, 5.74) is 1.83. The van der Waals surface area contributed by atoms with Crippen molar-refractivity contribution in [1.82, 2.24) is 0 Å². The van der Waals surface area contributed by atoms with Crippen molar-refractivity contribution >= 4 is 0 Å². The molecule has 1 heteroatoms. The molecule has 0 bridgehead atoms. The van der Waals surface area contributed by atoms with Crippen LogP contribution in [0.25, 0.3) is 0 Å². The molecule has 0 aromatic carbocycles. The third kappa shape index (κ3) is 2.54. The topological polar surface area (TPSA) is 0 Å². The predicted octanol–water partition coefficient (Wildman–Crippen LogP) is 2.92. The zero-order valence-corrected chi connectivity index (χ0v) is 9.40. The fourth-order valence-electron chi connectivity index (χ4n) is 1.01. The molecule has 0 nitrogen and oxygen atoms in total. The van der Waals surface area contributed by atoms with E-state index < -0.39 is 0 Å². The summed E-state index contributed by atoms with van der Waals surface area (Å²) in [6.07, 6.45) is 7.85. The summed E-state index contributed by atoms with van der Waals surface area (Å²) in [7, 11) is 0. The summed E-state index contributed by atoms with van der Waals surface area (Å²) in [5.74, 6) is 0. The zero-order valence-electron chi connectivity index (χ0n) is 6.94. The van der Waals surface area contributed by atoms with Gasteiger partial charge in [0.2, 0.25) is 0 Å². The van der Waals surface area contributed by atoms with Gasteiger partial charge in [0.15, 0.2) is 0 Å². The summed E-state index contributed by atoms with van der Waals surface area (Å²) in [4.78, 5) is 0. The molecule has 0 atom stereocenters. The normalized spacial score (nSPS) is 16.5. The Bertz CT molecular complexity index is 158. The molecule has 0 spiro atoms. The van der Waals surface area contributed by atoms with Crippen LogP contribution in [0.4, 0.5) is 0 Å². The van der Waals surface area contributed by atoms with E-state index in [1.54, 1.807) is 0 Å². The molecule has 0 N–H and O–H groups in total. The Balaban J connectivity index is 0.000000810. The van der Waals surface area contributed by atoms with Crippen molar-refractivity contribution in [3.8, 4) is 0 Å². The van der Waals surface area contributed by atoms with Crippen molar-refractivity contribution in [3.05, 3.63) is 23.8 Å². The van der Waals surface area contributed by atoms with Crippen LogP contribution in [0, 0.1) is 5.41 Å². The van der Waals surface area contributed by atoms with Gasteiger partial charge in [0.1, 0.15) is 0 Å². The van der Waals surface area contributed by atoms with Crippen LogP contribution in [-0.4, -0.2) is 0 Å². The van der Waals surface area contributed by atoms with E-state index in [2.05, 4.69) is 39.0 Å². The first-order valence-electron chi connectivity index (χ1n) is 3.48. The predicted molar refractivity (Wildman–Crippen MR) is 41.3 cm³/mol. The monoisotopic (exact) mass is 212 g/mol. The molecule has 0 fully saturated rings. The third-order valence-electron chi connectivity index (χ3n) is 1.64. The molecule has 1 aliphatic carbocycles. The minimum absolute atomic E-state index is 0. The Labute approximate surface area is 82.5 Å². The van der Waals surface area contributed by atoms with Crippen LogP contribution in [-0.2, 0) is 26.2 Å². The van der Waals surface area contributed by atoms with Crippen LogP contribution in [0.2, 0.25) is 0 Å². The van der Waals surface area contributed by atoms with E-state index in [9.17, 15) is 0 Å². The quantitative estimate of drug-likeness (QED) is 0.580. The number of hydrogen-bond acceptors (Lipinski definition) is 0. The fourth-order valence-corrected chi connectivity index (χ4v) is 1.01. The molecule has 1 rings (SSSR count). The summed E-state index contributed by atoms with van der Waals surface area (Å²) < 4.78 is 0. The van der Waals surface area contributed by atoms with Crippen LogP contribution in [0.3, 0.4) is 0 Å². The maximum absolute atomic E-state index is 2.29. The molecule has 54 valence electrons. The standard InChI is InChI=1S/C9H14.Zr/c1-9(2,3)8-6-4-5-7-8;/h4,6-7H,5H2,1-3H3;.